The van der Waals surface area contributed by atoms with Gasteiger partial charge in [0.15, 0.2) is 0 Å². The number of carbonyl (C=O) groups excluding carboxylic acids is 11. The Bertz CT molecular complexity index is 3080. The van der Waals surface area contributed by atoms with Crippen LogP contribution in [-0.2, 0) is 70.3 Å². The van der Waals surface area contributed by atoms with E-state index in [4.69, 9.17) is 4.74 Å². The van der Waals surface area contributed by atoms with Gasteiger partial charge in [-0.1, -0.05) is 143 Å². The molecule has 12 atom stereocenters. The Kier molecular flexibility index (Phi) is 36.1. The Morgan fingerprint density at radius 1 is 0.505 bits per heavy atom. The number of hydrogen-bond acceptors (Lipinski definition) is 16. The third kappa shape index (κ3) is 26.5. The van der Waals surface area contributed by atoms with E-state index in [9.17, 15) is 29.4 Å². The Labute approximate surface area is 612 Å². The number of likely N-dealkylation sites (tertiary alicyclic amines) is 1. The van der Waals surface area contributed by atoms with Gasteiger partial charge in [0, 0.05) is 74.3 Å². The topological polar surface area (TPSA) is 324 Å². The number of piperidine rings is 1. The Morgan fingerprint density at radius 2 is 0.990 bits per heavy atom. The molecule has 0 aliphatic carbocycles. The molecule has 7 N–H and O–H groups in total. The van der Waals surface area contributed by atoms with Crippen molar-refractivity contribution in [3.8, 4) is 0 Å². The van der Waals surface area contributed by atoms with Gasteiger partial charge in [-0.25, -0.2) is 0 Å². The normalized spacial score (nSPS) is 25.2. The second-order valence-corrected chi connectivity index (χ2v) is 30.4. The predicted octanol–water partition coefficient (Wildman–Crippen LogP) is 2.89. The fourth-order valence-electron chi connectivity index (χ4n) is 13.3. The summed E-state index contributed by atoms with van der Waals surface area (Å²) < 4.78 is 6.10. The molecule has 27 nitrogen and oxygen atoms in total. The Morgan fingerprint density at radius 3 is 1.50 bits per heavy atom. The lowest BCUT2D eigenvalue weighted by atomic mass is 9.96. The number of hydrogen-bond donors (Lipinski definition) is 7. The van der Waals surface area contributed by atoms with Crippen molar-refractivity contribution in [3.63, 3.8) is 0 Å². The highest BCUT2D eigenvalue weighted by Crippen LogP contribution is 2.24. The highest BCUT2D eigenvalue weighted by molar-refractivity contribution is 5.99. The van der Waals surface area contributed by atoms with Crippen LogP contribution in [0.25, 0.3) is 0 Å². The van der Waals surface area contributed by atoms with E-state index in [1.54, 1.807) is 100 Å². The molecule has 2 heterocycles. The van der Waals surface area contributed by atoms with E-state index in [1.807, 2.05) is 60.5 Å². The van der Waals surface area contributed by atoms with Gasteiger partial charge in [0.1, 0.15) is 60.6 Å². The van der Waals surface area contributed by atoms with Crippen molar-refractivity contribution in [2.45, 2.75) is 220 Å². The highest BCUT2D eigenvalue weighted by atomic mass is 16.5. The summed E-state index contributed by atoms with van der Waals surface area (Å²) >= 11 is 0. The van der Waals surface area contributed by atoms with Crippen molar-refractivity contribution in [1.29, 1.82) is 0 Å². The van der Waals surface area contributed by atoms with Crippen molar-refractivity contribution >= 4 is 65.0 Å². The monoisotopic (exact) mass is 1440 g/mol. The molecule has 0 radical (unpaired) electrons. The number of aliphatic hydroxyl groups excluding tert-OH is 2. The highest BCUT2D eigenvalue weighted by Gasteiger charge is 2.44. The van der Waals surface area contributed by atoms with Gasteiger partial charge in [-0.15, -0.1) is 0 Å². The predicted molar refractivity (Wildman–Crippen MR) is 395 cm³/mol. The number of aliphatic hydroxyl groups is 2. The standard InChI is InChI=1S/C76H125N13O14/c1-20-34-89-45-63(92)83(15)58(40-48(4)5)67(93)79-57(46-103-38-37-82(13)14)72(98)86(18)61(43-54-32-26-22-27-33-54)74(100)87(19)66(51(10)11)70(96)78-56(73(99)88-35-28-23-29-36-88)44-62(91)80-64(50(8)9)75(101)85(17)60(42-53-30-24-21-25-31-53)68(94)77-55(39-47(2)3)71(97)84(16)59(41-49(6)7)69(95)81-65(52(12)90)76(89)102/h21-22,24-27,30-33,47-52,55-61,64-66,73,90,99H,20,23,28-29,34-46H2,1-19H3,(H,77,94)(H,78,96)(H,79,93)(H,80,91)(H,81,95)/t52-,55+,56+,57+,58+,59+,60+,61+,64-,65+,66+,73?/m1/s1. The molecule has 0 spiro atoms. The minimum absolute atomic E-state index is 0.0298. The van der Waals surface area contributed by atoms with Crippen LogP contribution in [0.4, 0.5) is 0 Å². The molecule has 4 rings (SSSR count). The quantitative estimate of drug-likeness (QED) is 0.0834. The second-order valence-electron chi connectivity index (χ2n) is 30.4. The molecule has 0 saturated carbocycles. The maximum absolute atomic E-state index is 15.6. The summed E-state index contributed by atoms with van der Waals surface area (Å²) in [6.07, 6.45) is -0.725. The molecule has 27 heteroatoms. The SMILES string of the molecule is CCCN1CC(=O)N(C)[C@@H](CC(C)C)C(=O)N[C@@H](COCCN(C)C)C(=O)N(C)[C@@H](Cc2ccccc2)C(=O)N(C)[C@@H](C(C)C)C(=O)N[C@H](C(O)N2CCCCC2)CC(=O)N[C@H](C(C)C)C(=O)N(C)[C@@H](Cc2ccccc2)C(=O)N[C@@H](CC(C)C)C(=O)N(C)[C@@H](CC(C)C)C(=O)N[C@@H]([C@@H](C)O)C1=O. The van der Waals surface area contributed by atoms with Crippen LogP contribution >= 0.6 is 0 Å². The van der Waals surface area contributed by atoms with E-state index in [-0.39, 0.29) is 69.6 Å². The summed E-state index contributed by atoms with van der Waals surface area (Å²) in [5.74, 6) is -9.90. The largest absolute Gasteiger partial charge is 0.391 e. The number of amides is 11. The second kappa shape index (κ2) is 42.4. The first-order chi connectivity index (χ1) is 48.4. The molecule has 11 amide bonds. The van der Waals surface area contributed by atoms with Crippen LogP contribution in [0, 0.1) is 29.6 Å². The number of likely N-dealkylation sites (N-methyl/N-ethyl adjacent to an activating group) is 6. The Balaban J connectivity index is 2.01. The fraction of sp³-hybridized carbons (Fsp3) is 0.697. The number of carbonyl (C=O) groups is 11. The number of nitrogens with zero attached hydrogens (tertiary/aromatic N) is 8. The lowest BCUT2D eigenvalue weighted by Crippen LogP contribution is -2.63. The van der Waals surface area contributed by atoms with Crippen molar-refractivity contribution in [2.75, 3.05) is 95.3 Å². The number of benzene rings is 2. The zero-order valence-corrected chi connectivity index (χ0v) is 65.0. The molecular formula is C76H125N13O14. The molecule has 2 aliphatic heterocycles. The summed E-state index contributed by atoms with van der Waals surface area (Å²) in [7, 11) is 10.8. The molecule has 2 aromatic rings. The van der Waals surface area contributed by atoms with Crippen LogP contribution in [-0.4, -0.2) is 282 Å². The zero-order chi connectivity index (χ0) is 77.3. The average Bonchev–Trinajstić information content (AvgIpc) is 0.813. The number of ether oxygens (including phenoxy) is 1. The van der Waals surface area contributed by atoms with E-state index in [2.05, 4.69) is 26.6 Å². The molecule has 103 heavy (non-hydrogen) atoms. The molecule has 1 unspecified atom stereocenters. The fourth-order valence-corrected chi connectivity index (χ4v) is 13.3. The van der Waals surface area contributed by atoms with Gasteiger partial charge in [-0.2, -0.15) is 0 Å². The van der Waals surface area contributed by atoms with E-state index >= 15 is 33.6 Å². The van der Waals surface area contributed by atoms with Crippen molar-refractivity contribution in [2.24, 2.45) is 29.6 Å². The van der Waals surface area contributed by atoms with Crippen LogP contribution in [0.5, 0.6) is 0 Å². The minimum atomic E-state index is -1.65. The number of rotatable bonds is 22. The summed E-state index contributed by atoms with van der Waals surface area (Å²) in [6.45, 7) is 21.5. The van der Waals surface area contributed by atoms with Crippen molar-refractivity contribution in [1.82, 2.24) is 65.8 Å². The van der Waals surface area contributed by atoms with E-state index in [1.165, 1.54) is 71.6 Å². The maximum Gasteiger partial charge on any atom is 0.248 e. The van der Waals surface area contributed by atoms with Crippen LogP contribution in [0.2, 0.25) is 0 Å². The van der Waals surface area contributed by atoms with Crippen molar-refractivity contribution < 1.29 is 67.7 Å². The summed E-state index contributed by atoms with van der Waals surface area (Å²) in [5.41, 5.74) is 1.31. The zero-order valence-electron chi connectivity index (χ0n) is 65.0. The van der Waals surface area contributed by atoms with Crippen LogP contribution < -0.4 is 26.6 Å². The maximum atomic E-state index is 15.6. The first-order valence-electron chi connectivity index (χ1n) is 36.9. The van der Waals surface area contributed by atoms with E-state index in [0.717, 1.165) is 19.3 Å². The molecule has 578 valence electrons. The van der Waals surface area contributed by atoms with Gasteiger partial charge in [-0.05, 0) is 100 Å². The van der Waals surface area contributed by atoms with Gasteiger partial charge < -0.3 is 75.8 Å². The first-order valence-corrected chi connectivity index (χ1v) is 36.9. The summed E-state index contributed by atoms with van der Waals surface area (Å²) in [5, 5.41) is 38.1. The summed E-state index contributed by atoms with van der Waals surface area (Å²) in [4.78, 5) is 177. The van der Waals surface area contributed by atoms with Crippen molar-refractivity contribution in [3.05, 3.63) is 71.8 Å². The average molecular weight is 1440 g/mol. The lowest BCUT2D eigenvalue weighted by Gasteiger charge is -2.39. The van der Waals surface area contributed by atoms with Crippen LogP contribution in [0.15, 0.2) is 60.7 Å². The third-order valence-electron chi connectivity index (χ3n) is 19.3. The molecule has 0 bridgehead atoms. The molecular weight excluding hydrogens is 1320 g/mol. The molecule has 2 saturated heterocycles. The van der Waals surface area contributed by atoms with E-state index < -0.39 is 163 Å². The van der Waals surface area contributed by atoms with E-state index in [0.29, 0.717) is 37.2 Å². The molecule has 0 aromatic heterocycles. The van der Waals surface area contributed by atoms with Gasteiger partial charge in [0.25, 0.3) is 0 Å². The molecule has 2 fully saturated rings. The number of nitrogens with one attached hydrogen (secondary N) is 5. The Hall–Kier alpha value is -7.59. The smallest absolute Gasteiger partial charge is 0.248 e. The first kappa shape index (κ1) is 87.8. The van der Waals surface area contributed by atoms with Gasteiger partial charge in [0.2, 0.25) is 65.0 Å². The van der Waals surface area contributed by atoms with Gasteiger partial charge in [-0.3, -0.25) is 57.6 Å². The molecule has 2 aromatic carbocycles. The third-order valence-corrected chi connectivity index (χ3v) is 19.3. The lowest BCUT2D eigenvalue weighted by molar-refractivity contribution is -0.151. The van der Waals surface area contributed by atoms with Gasteiger partial charge in [0.05, 0.1) is 38.3 Å². The minimum Gasteiger partial charge on any atom is -0.391 e. The van der Waals surface area contributed by atoms with Crippen LogP contribution in [0.3, 0.4) is 0 Å². The summed E-state index contributed by atoms with van der Waals surface area (Å²) in [6, 6.07) is 4.41. The molecule has 2 aliphatic rings. The van der Waals surface area contributed by atoms with Crippen LogP contribution in [0.1, 0.15) is 146 Å². The van der Waals surface area contributed by atoms with Gasteiger partial charge >= 0.3 is 0 Å².